The topological polar surface area (TPSA) is 67.6 Å². The van der Waals surface area contributed by atoms with Gasteiger partial charge in [-0.05, 0) is 19.9 Å². The molecule has 1 rings (SSSR count). The first kappa shape index (κ1) is 15.9. The summed E-state index contributed by atoms with van der Waals surface area (Å²) in [6, 6.07) is 2.03. The van der Waals surface area contributed by atoms with Crippen LogP contribution in [0.1, 0.15) is 38.5 Å². The smallest absolute Gasteiger partial charge is 0.223 e. The lowest BCUT2D eigenvalue weighted by Gasteiger charge is -2.28. The van der Waals surface area contributed by atoms with Crippen molar-refractivity contribution in [1.82, 2.24) is 9.80 Å². The van der Waals surface area contributed by atoms with Gasteiger partial charge >= 0.3 is 0 Å². The summed E-state index contributed by atoms with van der Waals surface area (Å²) in [6.45, 7) is 1.78. The number of likely N-dealkylation sites (N-methyl/N-ethyl adjacent to an activating group) is 1. The number of hydrogen-bond acceptors (Lipinski definition) is 4. The van der Waals surface area contributed by atoms with Gasteiger partial charge in [0.2, 0.25) is 5.91 Å². The van der Waals surface area contributed by atoms with E-state index in [-0.39, 0.29) is 5.91 Å². The van der Waals surface area contributed by atoms with Crippen LogP contribution in [0.2, 0.25) is 0 Å². The summed E-state index contributed by atoms with van der Waals surface area (Å²) in [4.78, 5) is 15.4. The van der Waals surface area contributed by atoms with Gasteiger partial charge in [-0.2, -0.15) is 5.26 Å². The fourth-order valence-electron chi connectivity index (χ4n) is 2.59. The van der Waals surface area contributed by atoms with Crippen LogP contribution in [0.25, 0.3) is 0 Å². The standard InChI is InChI=1S/C14H25N3O2/c1-16(12-14(19)7-3-4-8-14)11-6-13(18)17(2)10-5-9-15/h19H,3-8,10-12H2,1-2H3. The van der Waals surface area contributed by atoms with Crippen LogP contribution in [0.15, 0.2) is 0 Å². The van der Waals surface area contributed by atoms with E-state index in [9.17, 15) is 9.90 Å². The van der Waals surface area contributed by atoms with Crippen LogP contribution in [0.3, 0.4) is 0 Å². The Morgan fingerprint density at radius 1 is 1.32 bits per heavy atom. The molecular formula is C14H25N3O2. The zero-order valence-electron chi connectivity index (χ0n) is 12.1. The fourth-order valence-corrected chi connectivity index (χ4v) is 2.59. The molecule has 1 N–H and O–H groups in total. The van der Waals surface area contributed by atoms with Crippen LogP contribution in [0.5, 0.6) is 0 Å². The van der Waals surface area contributed by atoms with E-state index in [0.29, 0.717) is 32.5 Å². The van der Waals surface area contributed by atoms with Crippen molar-refractivity contribution in [2.45, 2.75) is 44.1 Å². The Bertz CT molecular complexity index is 332. The molecule has 5 heteroatoms. The normalized spacial score (nSPS) is 17.4. The van der Waals surface area contributed by atoms with Crippen molar-refractivity contribution < 1.29 is 9.90 Å². The lowest BCUT2D eigenvalue weighted by molar-refractivity contribution is -0.130. The highest BCUT2D eigenvalue weighted by Crippen LogP contribution is 2.29. The second kappa shape index (κ2) is 7.46. The second-order valence-electron chi connectivity index (χ2n) is 5.64. The Kier molecular flexibility index (Phi) is 6.26. The van der Waals surface area contributed by atoms with E-state index in [2.05, 4.69) is 0 Å². The van der Waals surface area contributed by atoms with E-state index in [0.717, 1.165) is 25.7 Å². The van der Waals surface area contributed by atoms with Crippen LogP contribution in [-0.2, 0) is 4.79 Å². The maximum atomic E-state index is 11.8. The van der Waals surface area contributed by atoms with E-state index in [1.165, 1.54) is 0 Å². The first-order valence-electron chi connectivity index (χ1n) is 6.99. The molecule has 0 radical (unpaired) electrons. The average molecular weight is 267 g/mol. The number of rotatable bonds is 7. The zero-order chi connectivity index (χ0) is 14.3. The minimum atomic E-state index is -0.551. The van der Waals surface area contributed by atoms with E-state index < -0.39 is 5.60 Å². The van der Waals surface area contributed by atoms with Gasteiger partial charge in [0.1, 0.15) is 0 Å². The summed E-state index contributed by atoms with van der Waals surface area (Å²) in [5.74, 6) is 0.0560. The van der Waals surface area contributed by atoms with Gasteiger partial charge in [0.15, 0.2) is 0 Å². The predicted octanol–water partition coefficient (Wildman–Crippen LogP) is 0.985. The maximum Gasteiger partial charge on any atom is 0.223 e. The fraction of sp³-hybridized carbons (Fsp3) is 0.857. The molecule has 0 spiro atoms. The second-order valence-corrected chi connectivity index (χ2v) is 5.64. The van der Waals surface area contributed by atoms with Crippen molar-refractivity contribution in [1.29, 1.82) is 5.26 Å². The van der Waals surface area contributed by atoms with Crippen molar-refractivity contribution in [3.63, 3.8) is 0 Å². The highest BCUT2D eigenvalue weighted by molar-refractivity contribution is 5.76. The zero-order valence-corrected chi connectivity index (χ0v) is 12.1. The highest BCUT2D eigenvalue weighted by Gasteiger charge is 2.32. The van der Waals surface area contributed by atoms with E-state index in [1.54, 1.807) is 11.9 Å². The molecule has 0 aromatic rings. The van der Waals surface area contributed by atoms with Crippen LogP contribution in [-0.4, -0.2) is 60.1 Å². The third kappa shape index (κ3) is 5.58. The highest BCUT2D eigenvalue weighted by atomic mass is 16.3. The molecule has 1 aliphatic carbocycles. The Balaban J connectivity index is 2.24. The molecule has 1 saturated carbocycles. The Morgan fingerprint density at radius 2 is 1.95 bits per heavy atom. The molecule has 0 bridgehead atoms. The van der Waals surface area contributed by atoms with Crippen LogP contribution in [0, 0.1) is 11.3 Å². The van der Waals surface area contributed by atoms with Crippen LogP contribution >= 0.6 is 0 Å². The molecule has 0 atom stereocenters. The number of aliphatic hydroxyl groups is 1. The molecule has 0 aromatic heterocycles. The molecule has 0 unspecified atom stereocenters. The Morgan fingerprint density at radius 3 is 2.53 bits per heavy atom. The van der Waals surface area contributed by atoms with Crippen molar-refractivity contribution >= 4 is 5.91 Å². The van der Waals surface area contributed by atoms with E-state index in [4.69, 9.17) is 5.26 Å². The number of carbonyl (C=O) groups excluding carboxylic acids is 1. The summed E-state index contributed by atoms with van der Waals surface area (Å²) < 4.78 is 0. The SMILES string of the molecule is CN(CCC(=O)N(C)CCC#N)CC1(O)CCCC1. The molecule has 1 fully saturated rings. The van der Waals surface area contributed by atoms with Gasteiger partial charge in [0.05, 0.1) is 18.1 Å². The first-order valence-corrected chi connectivity index (χ1v) is 6.99. The van der Waals surface area contributed by atoms with E-state index in [1.807, 2.05) is 18.0 Å². The van der Waals surface area contributed by atoms with Gasteiger partial charge in [-0.1, -0.05) is 12.8 Å². The first-order chi connectivity index (χ1) is 8.97. The molecule has 0 aromatic carbocycles. The molecule has 0 heterocycles. The van der Waals surface area contributed by atoms with Gasteiger partial charge in [-0.15, -0.1) is 0 Å². The van der Waals surface area contributed by atoms with Crippen LogP contribution < -0.4 is 0 Å². The third-order valence-electron chi connectivity index (χ3n) is 3.79. The summed E-state index contributed by atoms with van der Waals surface area (Å²) in [5, 5.41) is 18.8. The number of nitrogens with zero attached hydrogens (tertiary/aromatic N) is 3. The van der Waals surface area contributed by atoms with Crippen molar-refractivity contribution in [2.24, 2.45) is 0 Å². The minimum Gasteiger partial charge on any atom is -0.389 e. The largest absolute Gasteiger partial charge is 0.389 e. The molecule has 5 nitrogen and oxygen atoms in total. The summed E-state index contributed by atoms with van der Waals surface area (Å²) in [6.07, 6.45) is 4.74. The molecule has 0 saturated heterocycles. The van der Waals surface area contributed by atoms with Crippen molar-refractivity contribution in [3.8, 4) is 6.07 Å². The van der Waals surface area contributed by atoms with Gasteiger partial charge in [0, 0.05) is 33.1 Å². The quantitative estimate of drug-likeness (QED) is 0.747. The number of hydrogen-bond donors (Lipinski definition) is 1. The summed E-state index contributed by atoms with van der Waals surface area (Å²) in [5.41, 5.74) is -0.551. The monoisotopic (exact) mass is 267 g/mol. The molecular weight excluding hydrogens is 242 g/mol. The Labute approximate surface area is 115 Å². The molecule has 1 amide bonds. The van der Waals surface area contributed by atoms with Gasteiger partial charge in [0.25, 0.3) is 0 Å². The maximum absolute atomic E-state index is 11.8. The lowest BCUT2D eigenvalue weighted by Crippen LogP contribution is -2.40. The number of carbonyl (C=O) groups is 1. The average Bonchev–Trinajstić information content (AvgIpc) is 2.79. The van der Waals surface area contributed by atoms with Crippen molar-refractivity contribution in [3.05, 3.63) is 0 Å². The van der Waals surface area contributed by atoms with Crippen molar-refractivity contribution in [2.75, 3.05) is 33.7 Å². The van der Waals surface area contributed by atoms with Gasteiger partial charge < -0.3 is 14.9 Å². The molecule has 1 aliphatic rings. The third-order valence-corrected chi connectivity index (χ3v) is 3.79. The van der Waals surface area contributed by atoms with Gasteiger partial charge in [-0.25, -0.2) is 0 Å². The van der Waals surface area contributed by atoms with E-state index >= 15 is 0 Å². The summed E-state index contributed by atoms with van der Waals surface area (Å²) >= 11 is 0. The molecule has 0 aliphatic heterocycles. The number of nitriles is 1. The minimum absolute atomic E-state index is 0.0560. The summed E-state index contributed by atoms with van der Waals surface area (Å²) in [7, 11) is 3.67. The molecule has 19 heavy (non-hydrogen) atoms. The predicted molar refractivity (Wildman–Crippen MR) is 73.4 cm³/mol. The van der Waals surface area contributed by atoms with Crippen LogP contribution in [0.4, 0.5) is 0 Å². The lowest BCUT2D eigenvalue weighted by atomic mass is 10.0. The molecule has 108 valence electrons. The number of amides is 1. The Hall–Kier alpha value is -1.12. The van der Waals surface area contributed by atoms with Gasteiger partial charge in [-0.3, -0.25) is 4.79 Å².